The van der Waals surface area contributed by atoms with Crippen molar-refractivity contribution in [2.45, 2.75) is 20.0 Å². The molecule has 16 heavy (non-hydrogen) atoms. The molecule has 84 valence electrons. The number of nitrogens with one attached hydrogen (secondary N) is 1. The van der Waals surface area contributed by atoms with Crippen LogP contribution < -0.4 is 0 Å². The molecule has 5 heteroatoms. The summed E-state index contributed by atoms with van der Waals surface area (Å²) >= 11 is 0. The van der Waals surface area contributed by atoms with Crippen molar-refractivity contribution < 1.29 is 13.9 Å². The summed E-state index contributed by atoms with van der Waals surface area (Å²) in [6, 6.07) is 2.44. The fraction of sp³-hybridized carbons (Fsp3) is 0.273. The molecule has 0 aliphatic carbocycles. The molecule has 2 aromatic rings. The van der Waals surface area contributed by atoms with E-state index in [1.54, 1.807) is 13.8 Å². The van der Waals surface area contributed by atoms with Gasteiger partial charge in [-0.1, -0.05) is 0 Å². The molecule has 0 saturated carbocycles. The number of nitrogens with zero attached hydrogens (tertiary/aromatic N) is 1. The number of hydrogen-bond donors (Lipinski definition) is 1. The molecule has 0 amide bonds. The first kappa shape index (κ1) is 10.6. The van der Waals surface area contributed by atoms with Crippen molar-refractivity contribution in [1.29, 1.82) is 0 Å². The number of H-pyrrole nitrogens is 1. The van der Waals surface area contributed by atoms with Crippen LogP contribution in [-0.4, -0.2) is 22.3 Å². The van der Waals surface area contributed by atoms with Gasteiger partial charge < -0.3 is 4.74 Å². The third kappa shape index (κ3) is 1.88. The molecule has 0 aliphatic heterocycles. The molecule has 4 nitrogen and oxygen atoms in total. The van der Waals surface area contributed by atoms with Gasteiger partial charge in [-0.15, -0.1) is 0 Å². The zero-order valence-electron chi connectivity index (χ0n) is 8.95. The van der Waals surface area contributed by atoms with Crippen LogP contribution in [0.1, 0.15) is 24.2 Å². The molecule has 0 unspecified atom stereocenters. The van der Waals surface area contributed by atoms with Crippen molar-refractivity contribution in [2.75, 3.05) is 0 Å². The number of carbonyl (C=O) groups is 1. The number of carbonyl (C=O) groups excluding carboxylic acids is 1. The number of hydrogen-bond acceptors (Lipinski definition) is 3. The van der Waals surface area contributed by atoms with E-state index < -0.39 is 11.8 Å². The molecule has 0 aliphatic rings. The largest absolute Gasteiger partial charge is 0.459 e. The van der Waals surface area contributed by atoms with E-state index in [2.05, 4.69) is 10.2 Å². The molecular formula is C11H11FN2O2. The fourth-order valence-corrected chi connectivity index (χ4v) is 1.46. The van der Waals surface area contributed by atoms with Gasteiger partial charge in [0.15, 0.2) is 0 Å². The molecule has 2 rings (SSSR count). The number of fused-ring (bicyclic) bond motifs is 1. The topological polar surface area (TPSA) is 55.0 Å². The minimum atomic E-state index is -0.541. The van der Waals surface area contributed by atoms with Crippen LogP contribution in [0.25, 0.3) is 10.9 Å². The van der Waals surface area contributed by atoms with Gasteiger partial charge in [-0.05, 0) is 26.0 Å². The maximum atomic E-state index is 13.2. The lowest BCUT2D eigenvalue weighted by Crippen LogP contribution is -2.12. The Labute approximate surface area is 91.4 Å². The maximum absolute atomic E-state index is 13.2. The summed E-state index contributed by atoms with van der Waals surface area (Å²) in [6.45, 7) is 3.48. The zero-order valence-corrected chi connectivity index (χ0v) is 8.95. The Bertz CT molecular complexity index is 534. The predicted molar refractivity (Wildman–Crippen MR) is 56.6 cm³/mol. The second-order valence-electron chi connectivity index (χ2n) is 3.74. The summed E-state index contributed by atoms with van der Waals surface area (Å²) in [4.78, 5) is 11.7. The first-order chi connectivity index (χ1) is 7.58. The monoisotopic (exact) mass is 222 g/mol. The van der Waals surface area contributed by atoms with E-state index in [9.17, 15) is 9.18 Å². The highest BCUT2D eigenvalue weighted by Crippen LogP contribution is 2.19. The van der Waals surface area contributed by atoms with Gasteiger partial charge in [0.1, 0.15) is 5.82 Å². The van der Waals surface area contributed by atoms with Crippen LogP contribution in [0.4, 0.5) is 4.39 Å². The lowest BCUT2D eigenvalue weighted by Gasteiger charge is -2.08. The highest BCUT2D eigenvalue weighted by molar-refractivity contribution is 6.03. The summed E-state index contributed by atoms with van der Waals surface area (Å²) in [5, 5.41) is 6.94. The Hall–Kier alpha value is -1.91. The summed E-state index contributed by atoms with van der Waals surface area (Å²) in [5.41, 5.74) is 0.674. The zero-order chi connectivity index (χ0) is 11.7. The number of halogens is 1. The maximum Gasteiger partial charge on any atom is 0.339 e. The van der Waals surface area contributed by atoms with E-state index in [0.29, 0.717) is 10.9 Å². The molecule has 0 spiro atoms. The van der Waals surface area contributed by atoms with Gasteiger partial charge >= 0.3 is 5.97 Å². The van der Waals surface area contributed by atoms with Gasteiger partial charge in [0.05, 0.1) is 23.4 Å². The molecule has 0 atom stereocenters. The molecule has 0 fully saturated rings. The number of rotatable bonds is 2. The lowest BCUT2D eigenvalue weighted by molar-refractivity contribution is 0.0380. The van der Waals surface area contributed by atoms with Crippen LogP contribution >= 0.6 is 0 Å². The van der Waals surface area contributed by atoms with Crippen molar-refractivity contribution in [2.24, 2.45) is 0 Å². The van der Waals surface area contributed by atoms with Crippen LogP contribution in [0.5, 0.6) is 0 Å². The van der Waals surface area contributed by atoms with Crippen LogP contribution in [0.2, 0.25) is 0 Å². The smallest absolute Gasteiger partial charge is 0.339 e. The number of ether oxygens (including phenoxy) is 1. The molecule has 1 aromatic heterocycles. The second-order valence-corrected chi connectivity index (χ2v) is 3.74. The SMILES string of the molecule is CC(C)OC(=O)c1cc(F)cc2[nH]ncc12. The van der Waals surface area contributed by atoms with E-state index in [4.69, 9.17) is 4.74 Å². The van der Waals surface area contributed by atoms with Crippen LogP contribution in [-0.2, 0) is 4.74 Å². The number of esters is 1. The normalized spacial score (nSPS) is 11.0. The quantitative estimate of drug-likeness (QED) is 0.793. The lowest BCUT2D eigenvalue weighted by atomic mass is 10.1. The van der Waals surface area contributed by atoms with E-state index in [0.717, 1.165) is 6.07 Å². The molecule has 1 N–H and O–H groups in total. The first-order valence-corrected chi connectivity index (χ1v) is 4.91. The summed E-state index contributed by atoms with van der Waals surface area (Å²) in [5.74, 6) is -1.03. The van der Waals surface area contributed by atoms with Crippen molar-refractivity contribution in [3.63, 3.8) is 0 Å². The number of aromatic amines is 1. The van der Waals surface area contributed by atoms with Crippen molar-refractivity contribution in [1.82, 2.24) is 10.2 Å². The van der Waals surface area contributed by atoms with Crippen molar-refractivity contribution in [3.8, 4) is 0 Å². The van der Waals surface area contributed by atoms with E-state index in [1.165, 1.54) is 12.3 Å². The molecule has 0 saturated heterocycles. The fourth-order valence-electron chi connectivity index (χ4n) is 1.46. The van der Waals surface area contributed by atoms with Crippen LogP contribution in [0, 0.1) is 5.82 Å². The Kier molecular flexibility index (Phi) is 2.60. The van der Waals surface area contributed by atoms with Crippen molar-refractivity contribution >= 4 is 16.9 Å². The predicted octanol–water partition coefficient (Wildman–Crippen LogP) is 2.27. The number of benzene rings is 1. The van der Waals surface area contributed by atoms with Crippen LogP contribution in [0.15, 0.2) is 18.3 Å². The van der Waals surface area contributed by atoms with E-state index in [-0.39, 0.29) is 11.7 Å². The number of aromatic nitrogens is 2. The summed E-state index contributed by atoms with van der Waals surface area (Å²) in [7, 11) is 0. The Morgan fingerprint density at radius 3 is 2.94 bits per heavy atom. The van der Waals surface area contributed by atoms with Crippen molar-refractivity contribution in [3.05, 3.63) is 29.7 Å². The Morgan fingerprint density at radius 1 is 1.50 bits per heavy atom. The van der Waals surface area contributed by atoms with E-state index in [1.807, 2.05) is 0 Å². The molecule has 0 radical (unpaired) electrons. The average Bonchev–Trinajstić information content (AvgIpc) is 2.62. The van der Waals surface area contributed by atoms with Crippen LogP contribution in [0.3, 0.4) is 0 Å². The summed E-state index contributed by atoms with van der Waals surface area (Å²) in [6.07, 6.45) is 1.24. The first-order valence-electron chi connectivity index (χ1n) is 4.91. The van der Waals surface area contributed by atoms with Gasteiger partial charge in [0.25, 0.3) is 0 Å². The molecule has 1 aromatic carbocycles. The van der Waals surface area contributed by atoms with Gasteiger partial charge in [-0.2, -0.15) is 5.10 Å². The van der Waals surface area contributed by atoms with Gasteiger partial charge in [0.2, 0.25) is 0 Å². The van der Waals surface area contributed by atoms with E-state index >= 15 is 0 Å². The minimum absolute atomic E-state index is 0.192. The second kappa shape index (κ2) is 3.92. The van der Waals surface area contributed by atoms with Gasteiger partial charge in [-0.3, -0.25) is 5.10 Å². The van der Waals surface area contributed by atoms with Gasteiger partial charge in [-0.25, -0.2) is 9.18 Å². The Morgan fingerprint density at radius 2 is 2.25 bits per heavy atom. The highest BCUT2D eigenvalue weighted by atomic mass is 19.1. The highest BCUT2D eigenvalue weighted by Gasteiger charge is 2.15. The third-order valence-corrected chi connectivity index (χ3v) is 2.09. The Balaban J connectivity index is 2.50. The molecule has 0 bridgehead atoms. The third-order valence-electron chi connectivity index (χ3n) is 2.09. The molecule has 1 heterocycles. The average molecular weight is 222 g/mol. The standard InChI is InChI=1S/C11H11FN2O2/c1-6(2)16-11(15)8-3-7(12)4-10-9(8)5-13-14-10/h3-6H,1-2H3,(H,13,14). The summed E-state index contributed by atoms with van der Waals surface area (Å²) < 4.78 is 18.2. The van der Waals surface area contributed by atoms with Gasteiger partial charge in [0, 0.05) is 5.39 Å². The molecular weight excluding hydrogens is 211 g/mol. The minimum Gasteiger partial charge on any atom is -0.459 e.